The molecular weight excluding hydrogens is 278 g/mol. The molecule has 6 nitrogen and oxygen atoms in total. The van der Waals surface area contributed by atoms with Gasteiger partial charge in [-0.1, -0.05) is 0 Å². The van der Waals surface area contributed by atoms with Gasteiger partial charge in [0, 0.05) is 32.8 Å². The average Bonchev–Trinajstić information content (AvgIpc) is 2.28. The van der Waals surface area contributed by atoms with Crippen molar-refractivity contribution in [3.63, 3.8) is 0 Å². The Balaban J connectivity index is 0.00000289. The van der Waals surface area contributed by atoms with Crippen LogP contribution in [0.25, 0.3) is 0 Å². The lowest BCUT2D eigenvalue weighted by Gasteiger charge is -2.31. The molecule has 2 N–H and O–H groups in total. The smallest absolute Gasteiger partial charge is 0.279 e. The molecule has 1 aliphatic rings. The highest BCUT2D eigenvalue weighted by Crippen LogP contribution is 2.10. The van der Waals surface area contributed by atoms with Gasteiger partial charge in [0.05, 0.1) is 6.61 Å². The molecule has 2 unspecified atom stereocenters. The second-order valence-corrected chi connectivity index (χ2v) is 6.24. The van der Waals surface area contributed by atoms with Gasteiger partial charge in [-0.25, -0.2) is 0 Å². The zero-order valence-corrected chi connectivity index (χ0v) is 12.8. The first-order valence-electron chi connectivity index (χ1n) is 5.93. The minimum absolute atomic E-state index is 0. The number of nitrogens with zero attached hydrogens (tertiary/aromatic N) is 1. The van der Waals surface area contributed by atoms with Crippen LogP contribution in [0.1, 0.15) is 19.8 Å². The molecule has 0 spiro atoms. The highest BCUT2D eigenvalue weighted by molar-refractivity contribution is 7.87. The quantitative estimate of drug-likeness (QED) is 0.722. The second-order valence-electron chi connectivity index (χ2n) is 4.43. The summed E-state index contributed by atoms with van der Waals surface area (Å²) < 4.78 is 32.9. The van der Waals surface area contributed by atoms with Gasteiger partial charge in [0.15, 0.2) is 0 Å². The summed E-state index contributed by atoms with van der Waals surface area (Å²) in [5.41, 5.74) is 0. The number of methoxy groups -OCH3 is 1. The standard InChI is InChI=1S/C10H23N3O3S.ClH/c1-9-10(5-4-6-11-9)12-17(14,15)13(2)7-8-16-3;/h9-12H,4-8H2,1-3H3;1H. The molecule has 0 aromatic rings. The summed E-state index contributed by atoms with van der Waals surface area (Å²) in [4.78, 5) is 0. The molecule has 0 radical (unpaired) electrons. The number of hydrogen-bond acceptors (Lipinski definition) is 4. The molecule has 0 aliphatic carbocycles. The molecule has 0 aromatic carbocycles. The highest BCUT2D eigenvalue weighted by atomic mass is 35.5. The van der Waals surface area contributed by atoms with Crippen LogP contribution in [-0.4, -0.2) is 58.7 Å². The number of likely N-dealkylation sites (N-methyl/N-ethyl adjacent to an activating group) is 1. The number of halogens is 1. The van der Waals surface area contributed by atoms with Crippen LogP contribution in [0.5, 0.6) is 0 Å². The number of rotatable bonds is 6. The molecule has 1 saturated heterocycles. The van der Waals surface area contributed by atoms with E-state index in [1.807, 2.05) is 6.92 Å². The predicted molar refractivity (Wildman–Crippen MR) is 74.3 cm³/mol. The van der Waals surface area contributed by atoms with E-state index in [0.717, 1.165) is 19.4 Å². The van der Waals surface area contributed by atoms with Gasteiger partial charge in [0.1, 0.15) is 0 Å². The SMILES string of the molecule is COCCN(C)S(=O)(=O)NC1CCCNC1C.Cl. The Bertz CT molecular complexity index is 326. The van der Waals surface area contributed by atoms with Crippen LogP contribution < -0.4 is 10.0 Å². The summed E-state index contributed by atoms with van der Waals surface area (Å²) in [6.07, 6.45) is 1.88. The van der Waals surface area contributed by atoms with Gasteiger partial charge in [-0.15, -0.1) is 12.4 Å². The summed E-state index contributed by atoms with van der Waals surface area (Å²) in [5, 5.41) is 3.27. The number of ether oxygens (including phenoxy) is 1. The lowest BCUT2D eigenvalue weighted by atomic mass is 10.0. The first-order chi connectivity index (χ1) is 7.97. The number of hydrogen-bond donors (Lipinski definition) is 2. The van der Waals surface area contributed by atoms with E-state index in [1.54, 1.807) is 14.2 Å². The molecule has 1 rings (SSSR count). The van der Waals surface area contributed by atoms with Crippen LogP contribution in [0.3, 0.4) is 0 Å². The average molecular weight is 302 g/mol. The third kappa shape index (κ3) is 5.38. The van der Waals surface area contributed by atoms with Crippen LogP contribution in [0.15, 0.2) is 0 Å². The first kappa shape index (κ1) is 18.1. The van der Waals surface area contributed by atoms with Gasteiger partial charge >= 0.3 is 0 Å². The van der Waals surface area contributed by atoms with Crippen molar-refractivity contribution in [3.8, 4) is 0 Å². The fourth-order valence-electron chi connectivity index (χ4n) is 1.83. The van der Waals surface area contributed by atoms with E-state index in [4.69, 9.17) is 4.74 Å². The molecule has 110 valence electrons. The van der Waals surface area contributed by atoms with Gasteiger partial charge in [0.2, 0.25) is 0 Å². The fourth-order valence-corrected chi connectivity index (χ4v) is 3.03. The van der Waals surface area contributed by atoms with Crippen LogP contribution in [0.4, 0.5) is 0 Å². The molecule has 1 fully saturated rings. The van der Waals surface area contributed by atoms with E-state index in [9.17, 15) is 8.42 Å². The molecule has 0 amide bonds. The van der Waals surface area contributed by atoms with E-state index in [-0.39, 0.29) is 24.5 Å². The Kier molecular flexibility index (Phi) is 8.33. The summed E-state index contributed by atoms with van der Waals surface area (Å²) in [5.74, 6) is 0. The summed E-state index contributed by atoms with van der Waals surface area (Å²) >= 11 is 0. The normalized spacial score (nSPS) is 24.9. The van der Waals surface area contributed by atoms with Crippen LogP contribution in [-0.2, 0) is 14.9 Å². The van der Waals surface area contributed by atoms with Gasteiger partial charge in [-0.05, 0) is 26.3 Å². The predicted octanol–water partition coefficient (Wildman–Crippen LogP) is -0.0387. The third-order valence-corrected chi connectivity index (χ3v) is 4.69. The molecule has 0 bridgehead atoms. The van der Waals surface area contributed by atoms with Crippen LogP contribution >= 0.6 is 12.4 Å². The summed E-state index contributed by atoms with van der Waals surface area (Å²) in [7, 11) is -0.287. The fraction of sp³-hybridized carbons (Fsp3) is 1.00. The maximum Gasteiger partial charge on any atom is 0.279 e. The first-order valence-corrected chi connectivity index (χ1v) is 7.37. The summed E-state index contributed by atoms with van der Waals surface area (Å²) in [6, 6.07) is 0.146. The monoisotopic (exact) mass is 301 g/mol. The third-order valence-electron chi connectivity index (χ3n) is 3.08. The minimum Gasteiger partial charge on any atom is -0.383 e. The number of nitrogens with one attached hydrogen (secondary N) is 2. The van der Waals surface area contributed by atoms with Crippen molar-refractivity contribution in [3.05, 3.63) is 0 Å². The van der Waals surface area contributed by atoms with Crippen molar-refractivity contribution in [2.24, 2.45) is 0 Å². The Hall–Kier alpha value is 0.0800. The van der Waals surface area contributed by atoms with Crippen molar-refractivity contribution in [1.29, 1.82) is 0 Å². The molecule has 18 heavy (non-hydrogen) atoms. The van der Waals surface area contributed by atoms with Crippen molar-refractivity contribution in [2.45, 2.75) is 31.8 Å². The molecule has 2 atom stereocenters. The van der Waals surface area contributed by atoms with E-state index in [0.29, 0.717) is 13.2 Å². The topological polar surface area (TPSA) is 70.7 Å². The Labute approximate surface area is 116 Å². The Morgan fingerprint density at radius 2 is 2.17 bits per heavy atom. The largest absolute Gasteiger partial charge is 0.383 e. The van der Waals surface area contributed by atoms with Crippen LogP contribution in [0.2, 0.25) is 0 Å². The van der Waals surface area contributed by atoms with Gasteiger partial charge < -0.3 is 10.1 Å². The Morgan fingerprint density at radius 3 is 2.72 bits per heavy atom. The second kappa shape index (κ2) is 8.29. The van der Waals surface area contributed by atoms with Gasteiger partial charge in [0.25, 0.3) is 10.2 Å². The maximum absolute atomic E-state index is 12.0. The molecule has 1 heterocycles. The van der Waals surface area contributed by atoms with Crippen molar-refractivity contribution in [1.82, 2.24) is 14.3 Å². The van der Waals surface area contributed by atoms with Crippen molar-refractivity contribution < 1.29 is 13.2 Å². The minimum atomic E-state index is -3.40. The molecule has 0 saturated carbocycles. The highest BCUT2D eigenvalue weighted by Gasteiger charge is 2.27. The van der Waals surface area contributed by atoms with Crippen molar-refractivity contribution in [2.75, 3.05) is 33.9 Å². The van der Waals surface area contributed by atoms with E-state index < -0.39 is 10.2 Å². The number of piperidine rings is 1. The lowest BCUT2D eigenvalue weighted by molar-refractivity contribution is 0.184. The lowest BCUT2D eigenvalue weighted by Crippen LogP contribution is -2.54. The van der Waals surface area contributed by atoms with E-state index in [1.165, 1.54) is 4.31 Å². The molecule has 8 heteroatoms. The van der Waals surface area contributed by atoms with Crippen LogP contribution in [0, 0.1) is 0 Å². The van der Waals surface area contributed by atoms with E-state index >= 15 is 0 Å². The summed E-state index contributed by atoms with van der Waals surface area (Å²) in [6.45, 7) is 3.72. The van der Waals surface area contributed by atoms with Crippen molar-refractivity contribution >= 4 is 22.6 Å². The zero-order chi connectivity index (χ0) is 12.9. The Morgan fingerprint density at radius 1 is 1.50 bits per heavy atom. The van der Waals surface area contributed by atoms with E-state index in [2.05, 4.69) is 10.0 Å². The zero-order valence-electron chi connectivity index (χ0n) is 11.2. The van der Waals surface area contributed by atoms with Gasteiger partial charge in [-0.3, -0.25) is 0 Å². The molecular formula is C10H24ClN3O3S. The maximum atomic E-state index is 12.0. The van der Waals surface area contributed by atoms with Gasteiger partial charge in [-0.2, -0.15) is 17.4 Å². The molecule has 0 aromatic heterocycles. The molecule has 1 aliphatic heterocycles.